The third-order valence-electron chi connectivity index (χ3n) is 5.33. The van der Waals surface area contributed by atoms with Gasteiger partial charge in [0.2, 0.25) is 0 Å². The van der Waals surface area contributed by atoms with Crippen molar-refractivity contribution in [3.8, 4) is 0 Å². The Morgan fingerprint density at radius 3 is 2.46 bits per heavy atom. The molecule has 0 aromatic rings. The minimum Gasteiger partial charge on any atom is -0.352 e. The fourth-order valence-corrected chi connectivity index (χ4v) is 3.82. The van der Waals surface area contributed by atoms with E-state index in [1.807, 2.05) is 0 Å². The molecular weight excluding hydrogens is 304 g/mol. The summed E-state index contributed by atoms with van der Waals surface area (Å²) in [5, 5.41) is 2.87. The lowest BCUT2D eigenvalue weighted by Crippen LogP contribution is -2.52. The average Bonchev–Trinajstić information content (AvgIpc) is 2.90. The lowest BCUT2D eigenvalue weighted by atomic mass is 9.70. The summed E-state index contributed by atoms with van der Waals surface area (Å²) >= 11 is 0. The molecule has 130 valence electrons. The van der Waals surface area contributed by atoms with E-state index in [4.69, 9.17) is 0 Å². The molecule has 4 atom stereocenters. The van der Waals surface area contributed by atoms with Gasteiger partial charge in [0.25, 0.3) is 17.7 Å². The largest absolute Gasteiger partial charge is 0.352 e. The number of nitrogens with zero attached hydrogens (tertiary/aromatic N) is 1. The summed E-state index contributed by atoms with van der Waals surface area (Å²) in [6, 6.07) is -0.171. The van der Waals surface area contributed by atoms with Crippen molar-refractivity contribution in [2.45, 2.75) is 39.2 Å². The zero-order valence-corrected chi connectivity index (χ0v) is 14.5. The molecule has 1 heterocycles. The fraction of sp³-hybridized carbons (Fsp3) is 0.526. The van der Waals surface area contributed by atoms with Crippen LogP contribution in [0.2, 0.25) is 0 Å². The zero-order valence-electron chi connectivity index (χ0n) is 14.5. The van der Waals surface area contributed by atoms with Crippen LogP contribution < -0.4 is 5.32 Å². The molecule has 0 bridgehead atoms. The van der Waals surface area contributed by atoms with Crippen LogP contribution in [0, 0.1) is 17.8 Å². The number of carbonyl (C=O) groups excluding carboxylic acids is 3. The van der Waals surface area contributed by atoms with Crippen LogP contribution in [0.15, 0.2) is 37.0 Å². The highest BCUT2D eigenvalue weighted by Crippen LogP contribution is 2.38. The molecule has 2 rings (SSSR count). The summed E-state index contributed by atoms with van der Waals surface area (Å²) in [4.78, 5) is 37.5. The highest BCUT2D eigenvalue weighted by atomic mass is 16.2. The molecule has 0 aromatic heterocycles. The second-order valence-corrected chi connectivity index (χ2v) is 6.76. The number of amides is 3. The Labute approximate surface area is 143 Å². The second kappa shape index (κ2) is 7.60. The standard InChI is InChI=1S/C19H26N2O3/c1-5-12(3)19(24)20-11-15-10-14(6-2)13(4)9-16(15)21-17(22)7-8-18(21)23/h5,7-8,13-16H,1,3,6,9-11H2,2,4H3,(H,20,24)/t13?,14?,15-,16?/m1/s1. The number of carbonyl (C=O) groups is 3. The first-order valence-corrected chi connectivity index (χ1v) is 8.53. The molecular formula is C19H26N2O3. The molecule has 1 aliphatic heterocycles. The smallest absolute Gasteiger partial charge is 0.253 e. The van der Waals surface area contributed by atoms with Crippen molar-refractivity contribution < 1.29 is 14.4 Å². The van der Waals surface area contributed by atoms with Gasteiger partial charge >= 0.3 is 0 Å². The predicted octanol–water partition coefficient (Wildman–Crippen LogP) is 2.21. The maximum Gasteiger partial charge on any atom is 0.253 e. The number of hydrogen-bond donors (Lipinski definition) is 1. The summed E-state index contributed by atoms with van der Waals surface area (Å²) in [5.41, 5.74) is 0.317. The van der Waals surface area contributed by atoms with Gasteiger partial charge in [0.05, 0.1) is 0 Å². The Kier molecular flexibility index (Phi) is 5.75. The number of rotatable bonds is 6. The maximum atomic E-state index is 12.1. The molecule has 0 saturated heterocycles. The summed E-state index contributed by atoms with van der Waals surface area (Å²) in [5.74, 6) is 0.272. The van der Waals surface area contributed by atoms with Gasteiger partial charge in [-0.1, -0.05) is 39.5 Å². The average molecular weight is 330 g/mol. The molecule has 0 radical (unpaired) electrons. The van der Waals surface area contributed by atoms with Crippen LogP contribution in [0.3, 0.4) is 0 Å². The number of imide groups is 1. The van der Waals surface area contributed by atoms with Gasteiger partial charge in [-0.2, -0.15) is 0 Å². The molecule has 5 heteroatoms. The van der Waals surface area contributed by atoms with Crippen molar-refractivity contribution in [3.63, 3.8) is 0 Å². The third-order valence-corrected chi connectivity index (χ3v) is 5.33. The third kappa shape index (κ3) is 3.66. The Morgan fingerprint density at radius 1 is 1.29 bits per heavy atom. The Morgan fingerprint density at radius 2 is 1.92 bits per heavy atom. The van der Waals surface area contributed by atoms with Gasteiger partial charge < -0.3 is 5.32 Å². The van der Waals surface area contributed by atoms with E-state index in [1.165, 1.54) is 23.1 Å². The molecule has 0 spiro atoms. The van der Waals surface area contributed by atoms with E-state index >= 15 is 0 Å². The van der Waals surface area contributed by atoms with Crippen LogP contribution in [-0.2, 0) is 14.4 Å². The predicted molar refractivity (Wildman–Crippen MR) is 92.8 cm³/mol. The Bertz CT molecular complexity index is 575. The van der Waals surface area contributed by atoms with Gasteiger partial charge in [0, 0.05) is 30.3 Å². The van der Waals surface area contributed by atoms with E-state index in [9.17, 15) is 14.4 Å². The van der Waals surface area contributed by atoms with E-state index < -0.39 is 0 Å². The van der Waals surface area contributed by atoms with Crippen LogP contribution >= 0.6 is 0 Å². The maximum absolute atomic E-state index is 12.1. The van der Waals surface area contributed by atoms with Crippen molar-refractivity contribution in [1.29, 1.82) is 0 Å². The molecule has 1 saturated carbocycles. The van der Waals surface area contributed by atoms with Crippen molar-refractivity contribution in [3.05, 3.63) is 37.0 Å². The van der Waals surface area contributed by atoms with Gasteiger partial charge in [-0.05, 0) is 30.6 Å². The molecule has 1 fully saturated rings. The molecule has 0 aromatic carbocycles. The normalized spacial score (nSPS) is 29.7. The lowest BCUT2D eigenvalue weighted by molar-refractivity contribution is -0.142. The topological polar surface area (TPSA) is 66.5 Å². The fourth-order valence-electron chi connectivity index (χ4n) is 3.82. The van der Waals surface area contributed by atoms with Crippen LogP contribution in [0.4, 0.5) is 0 Å². The van der Waals surface area contributed by atoms with Gasteiger partial charge in [-0.15, -0.1) is 0 Å². The quantitative estimate of drug-likeness (QED) is 0.461. The second-order valence-electron chi connectivity index (χ2n) is 6.76. The molecule has 2 aliphatic rings. The van der Waals surface area contributed by atoms with Crippen molar-refractivity contribution in [2.24, 2.45) is 17.8 Å². The van der Waals surface area contributed by atoms with E-state index in [-0.39, 0.29) is 29.7 Å². The summed E-state index contributed by atoms with van der Waals surface area (Å²) in [6.45, 7) is 11.9. The number of nitrogens with one attached hydrogen (secondary N) is 1. The van der Waals surface area contributed by atoms with Crippen LogP contribution in [0.25, 0.3) is 0 Å². The van der Waals surface area contributed by atoms with E-state index in [2.05, 4.69) is 32.3 Å². The zero-order chi connectivity index (χ0) is 17.9. The first-order valence-electron chi connectivity index (χ1n) is 8.53. The summed E-state index contributed by atoms with van der Waals surface area (Å²) in [7, 11) is 0. The monoisotopic (exact) mass is 330 g/mol. The molecule has 3 unspecified atom stereocenters. The minimum absolute atomic E-state index is 0.0560. The Hall–Kier alpha value is -2.17. The highest BCUT2D eigenvalue weighted by Gasteiger charge is 2.42. The van der Waals surface area contributed by atoms with Crippen LogP contribution in [0.1, 0.15) is 33.1 Å². The van der Waals surface area contributed by atoms with Crippen molar-refractivity contribution in [2.75, 3.05) is 6.54 Å². The molecule has 1 N–H and O–H groups in total. The highest BCUT2D eigenvalue weighted by molar-refractivity contribution is 6.13. The first-order chi connectivity index (χ1) is 11.4. The molecule has 1 aliphatic carbocycles. The molecule has 3 amide bonds. The molecule has 24 heavy (non-hydrogen) atoms. The summed E-state index contributed by atoms with van der Waals surface area (Å²) < 4.78 is 0. The van der Waals surface area contributed by atoms with E-state index in [0.29, 0.717) is 24.0 Å². The van der Waals surface area contributed by atoms with Gasteiger partial charge in [-0.3, -0.25) is 19.3 Å². The van der Waals surface area contributed by atoms with E-state index in [0.717, 1.165) is 19.3 Å². The minimum atomic E-state index is -0.257. The summed E-state index contributed by atoms with van der Waals surface area (Å²) in [6.07, 6.45) is 6.79. The Balaban J connectivity index is 2.14. The molecule has 5 nitrogen and oxygen atoms in total. The van der Waals surface area contributed by atoms with E-state index in [1.54, 1.807) is 0 Å². The van der Waals surface area contributed by atoms with Gasteiger partial charge in [-0.25, -0.2) is 0 Å². The number of hydrogen-bond acceptors (Lipinski definition) is 3. The SMILES string of the molecule is C=CC(=C)C(=O)NC[C@H]1CC(CC)C(C)CC1N1C(=O)C=CC1=O. The van der Waals surface area contributed by atoms with Crippen molar-refractivity contribution in [1.82, 2.24) is 10.2 Å². The van der Waals surface area contributed by atoms with Gasteiger partial charge in [0.1, 0.15) is 0 Å². The van der Waals surface area contributed by atoms with Crippen LogP contribution in [-0.4, -0.2) is 35.2 Å². The lowest BCUT2D eigenvalue weighted by Gasteiger charge is -2.43. The first kappa shape index (κ1) is 18.2. The van der Waals surface area contributed by atoms with Crippen LogP contribution in [0.5, 0.6) is 0 Å². The van der Waals surface area contributed by atoms with Gasteiger partial charge in [0.15, 0.2) is 0 Å². The van der Waals surface area contributed by atoms with Crippen molar-refractivity contribution >= 4 is 17.7 Å².